The third-order valence-corrected chi connectivity index (χ3v) is 8.26. The molecule has 1 unspecified atom stereocenters. The van der Waals surface area contributed by atoms with Gasteiger partial charge in [0.1, 0.15) is 28.7 Å². The normalized spacial score (nSPS) is 21.4. The van der Waals surface area contributed by atoms with Gasteiger partial charge in [0.05, 0.1) is 31.7 Å². The lowest BCUT2D eigenvalue weighted by atomic mass is 9.69. The first-order valence-corrected chi connectivity index (χ1v) is 14.1. The molecule has 2 fully saturated rings. The smallest absolute Gasteiger partial charge is 0.244 e. The number of methoxy groups -OCH3 is 1. The van der Waals surface area contributed by atoms with E-state index in [1.54, 1.807) is 51.3 Å². The maximum Gasteiger partial charge on any atom is 0.244 e. The summed E-state index contributed by atoms with van der Waals surface area (Å²) in [4.78, 5) is 53.8. The molecular formula is C30H40N4O7. The summed E-state index contributed by atoms with van der Waals surface area (Å²) in [6.07, 6.45) is 4.21. The molecule has 1 aromatic carbocycles. The number of hydrogen-bond acceptors (Lipinski definition) is 8. The molecule has 3 amide bonds. The molecule has 4 rings (SSSR count). The van der Waals surface area contributed by atoms with Crippen LogP contribution < -0.4 is 21.1 Å². The fourth-order valence-corrected chi connectivity index (χ4v) is 5.71. The minimum atomic E-state index is -1.76. The van der Waals surface area contributed by atoms with Crippen molar-refractivity contribution in [1.82, 2.24) is 15.8 Å². The van der Waals surface area contributed by atoms with Gasteiger partial charge in [0.25, 0.3) is 0 Å². The van der Waals surface area contributed by atoms with Crippen molar-refractivity contribution in [3.05, 3.63) is 47.3 Å². The number of ketones is 1. The van der Waals surface area contributed by atoms with Crippen LogP contribution in [-0.2, 0) is 36.8 Å². The van der Waals surface area contributed by atoms with Gasteiger partial charge in [-0.3, -0.25) is 19.2 Å². The Kier molecular flexibility index (Phi) is 9.16. The van der Waals surface area contributed by atoms with Crippen LogP contribution in [0.1, 0.15) is 63.0 Å². The predicted octanol–water partition coefficient (Wildman–Crippen LogP) is 2.18. The second kappa shape index (κ2) is 12.4. The van der Waals surface area contributed by atoms with Crippen LogP contribution in [0.2, 0.25) is 0 Å². The van der Waals surface area contributed by atoms with Gasteiger partial charge in [0.15, 0.2) is 5.78 Å². The number of rotatable bonds is 14. The average Bonchev–Trinajstić information content (AvgIpc) is 3.28. The van der Waals surface area contributed by atoms with E-state index >= 15 is 0 Å². The summed E-state index contributed by atoms with van der Waals surface area (Å²) >= 11 is 0. The zero-order valence-electron chi connectivity index (χ0n) is 24.2. The molecule has 1 aliphatic carbocycles. The number of nitrogens with zero attached hydrogens (tertiary/aromatic N) is 1. The van der Waals surface area contributed by atoms with E-state index < -0.39 is 40.8 Å². The predicted molar refractivity (Wildman–Crippen MR) is 149 cm³/mol. The Balaban J connectivity index is 1.65. The number of amides is 3. The summed E-state index contributed by atoms with van der Waals surface area (Å²) in [6.45, 7) is 5.19. The summed E-state index contributed by atoms with van der Waals surface area (Å²) in [5.41, 5.74) is 4.65. The Morgan fingerprint density at radius 1 is 1.20 bits per heavy atom. The number of carbonyl (C=O) groups is 4. The van der Waals surface area contributed by atoms with Crippen LogP contribution in [0.15, 0.2) is 34.9 Å². The van der Waals surface area contributed by atoms with Gasteiger partial charge >= 0.3 is 0 Å². The van der Waals surface area contributed by atoms with Crippen molar-refractivity contribution >= 4 is 23.5 Å². The standard InChI is InChI=1S/C30H40N4O7/c1-18-13-23(41-34-18)15-25(35)32-19(2)27(37)33-30(28(31)38,16-21-9-11-22(39-4)12-10-21)24(14-20-7-5-6-8-20)26(36)29(3)17-40-29/h9-13,19-20,24H,5-8,14-17H2,1-4H3,(H2,31,38)(H,32,35)(H,33,37)/t19-,24-,29-,30?/m1/s1. The average molecular weight is 569 g/mol. The van der Waals surface area contributed by atoms with Gasteiger partial charge < -0.3 is 30.4 Å². The maximum atomic E-state index is 14.0. The van der Waals surface area contributed by atoms with Crippen LogP contribution in [0.4, 0.5) is 0 Å². The molecule has 0 spiro atoms. The van der Waals surface area contributed by atoms with E-state index in [9.17, 15) is 19.2 Å². The summed E-state index contributed by atoms with van der Waals surface area (Å²) in [5, 5.41) is 9.28. The first-order valence-electron chi connectivity index (χ1n) is 14.1. The minimum absolute atomic E-state index is 0.0186. The van der Waals surface area contributed by atoms with Gasteiger partial charge in [-0.2, -0.15) is 0 Å². The second-order valence-electron chi connectivity index (χ2n) is 11.6. The van der Waals surface area contributed by atoms with Crippen molar-refractivity contribution in [2.24, 2.45) is 17.6 Å². The van der Waals surface area contributed by atoms with E-state index in [4.69, 9.17) is 19.7 Å². The number of primary amides is 1. The molecule has 0 bridgehead atoms. The number of aromatic nitrogens is 1. The van der Waals surface area contributed by atoms with Crippen molar-refractivity contribution in [3.63, 3.8) is 0 Å². The van der Waals surface area contributed by atoms with Gasteiger partial charge in [0.2, 0.25) is 17.7 Å². The monoisotopic (exact) mass is 568 g/mol. The van der Waals surface area contributed by atoms with Crippen LogP contribution in [0.25, 0.3) is 0 Å². The van der Waals surface area contributed by atoms with E-state index in [1.807, 2.05) is 0 Å². The first kappa shape index (κ1) is 30.2. The van der Waals surface area contributed by atoms with Crippen molar-refractivity contribution in [2.75, 3.05) is 13.7 Å². The number of nitrogens with two attached hydrogens (primary N) is 1. The van der Waals surface area contributed by atoms with Gasteiger partial charge in [-0.15, -0.1) is 0 Å². The Morgan fingerprint density at radius 2 is 1.85 bits per heavy atom. The lowest BCUT2D eigenvalue weighted by Gasteiger charge is -2.40. The molecule has 222 valence electrons. The summed E-state index contributed by atoms with van der Waals surface area (Å²) < 4.78 is 15.9. The number of nitrogens with one attached hydrogen (secondary N) is 2. The number of epoxide rings is 1. The van der Waals surface area contributed by atoms with Crippen molar-refractivity contribution in [2.45, 2.75) is 82.9 Å². The minimum Gasteiger partial charge on any atom is -0.497 e. The quantitative estimate of drug-likeness (QED) is 0.292. The second-order valence-corrected chi connectivity index (χ2v) is 11.6. The molecule has 41 heavy (non-hydrogen) atoms. The van der Waals surface area contributed by atoms with Crippen molar-refractivity contribution in [1.29, 1.82) is 0 Å². The summed E-state index contributed by atoms with van der Waals surface area (Å²) in [5.74, 6) is -1.90. The van der Waals surface area contributed by atoms with Crippen LogP contribution in [0.3, 0.4) is 0 Å². The third-order valence-electron chi connectivity index (χ3n) is 8.26. The fourth-order valence-electron chi connectivity index (χ4n) is 5.71. The molecule has 1 aliphatic heterocycles. The molecule has 0 radical (unpaired) electrons. The van der Waals surface area contributed by atoms with Crippen LogP contribution in [0, 0.1) is 18.8 Å². The Hall–Kier alpha value is -3.73. The number of Topliss-reactive ketones (excluding diaryl/α,β-unsaturated/α-hetero) is 1. The van der Waals surface area contributed by atoms with E-state index in [-0.39, 0.29) is 31.1 Å². The van der Waals surface area contributed by atoms with E-state index in [1.165, 1.54) is 6.92 Å². The van der Waals surface area contributed by atoms with Crippen LogP contribution in [-0.4, -0.2) is 59.6 Å². The van der Waals surface area contributed by atoms with Gasteiger partial charge in [0, 0.05) is 12.5 Å². The maximum absolute atomic E-state index is 14.0. The van der Waals surface area contributed by atoms with Gasteiger partial charge in [-0.1, -0.05) is 43.0 Å². The largest absolute Gasteiger partial charge is 0.497 e. The molecule has 1 aromatic heterocycles. The highest BCUT2D eigenvalue weighted by molar-refractivity contribution is 6.01. The number of carbonyl (C=O) groups excluding carboxylic acids is 4. The van der Waals surface area contributed by atoms with Gasteiger partial charge in [-0.05, 0) is 50.8 Å². The Labute approximate surface area is 239 Å². The SMILES string of the molecule is COc1ccc(CC(NC(=O)[C@@H](C)NC(=O)Cc2cc(C)no2)(C(N)=O)[C@H](CC2CCCC2)C(=O)[C@@]2(C)CO2)cc1. The highest BCUT2D eigenvalue weighted by Crippen LogP contribution is 2.41. The van der Waals surface area contributed by atoms with E-state index in [0.717, 1.165) is 25.7 Å². The third kappa shape index (κ3) is 7.13. The zero-order valence-corrected chi connectivity index (χ0v) is 24.2. The highest BCUT2D eigenvalue weighted by atomic mass is 16.6. The number of hydrogen-bond donors (Lipinski definition) is 3. The van der Waals surface area contributed by atoms with E-state index in [2.05, 4.69) is 15.8 Å². The fraction of sp³-hybridized carbons (Fsp3) is 0.567. The van der Waals surface area contributed by atoms with Gasteiger partial charge in [-0.25, -0.2) is 0 Å². The number of aryl methyl sites for hydroxylation is 1. The Morgan fingerprint density at radius 3 is 2.39 bits per heavy atom. The van der Waals surface area contributed by atoms with E-state index in [0.29, 0.717) is 29.2 Å². The molecule has 2 aromatic rings. The highest BCUT2D eigenvalue weighted by Gasteiger charge is 2.58. The Bertz CT molecular complexity index is 1260. The molecule has 1 saturated heterocycles. The molecule has 4 N–H and O–H groups in total. The first-order chi connectivity index (χ1) is 19.5. The topological polar surface area (TPSA) is 166 Å². The van der Waals surface area contributed by atoms with Crippen molar-refractivity contribution < 1.29 is 33.2 Å². The molecule has 4 atom stereocenters. The van der Waals surface area contributed by atoms with Crippen molar-refractivity contribution in [3.8, 4) is 5.75 Å². The summed E-state index contributed by atoms with van der Waals surface area (Å²) in [7, 11) is 1.55. The number of benzene rings is 1. The van der Waals surface area contributed by atoms with Crippen LogP contribution in [0.5, 0.6) is 5.75 Å². The number of ether oxygens (including phenoxy) is 2. The molecule has 11 heteroatoms. The molecule has 1 saturated carbocycles. The molecule has 2 aliphatic rings. The lowest BCUT2D eigenvalue weighted by Crippen LogP contribution is -2.68. The lowest BCUT2D eigenvalue weighted by molar-refractivity contribution is -0.142. The molecule has 2 heterocycles. The summed E-state index contributed by atoms with van der Waals surface area (Å²) in [6, 6.07) is 7.65. The molecular weight excluding hydrogens is 528 g/mol. The molecule has 11 nitrogen and oxygen atoms in total. The zero-order chi connectivity index (χ0) is 29.8. The van der Waals surface area contributed by atoms with Crippen LogP contribution >= 0.6 is 0 Å².